The second-order valence-electron chi connectivity index (χ2n) is 10.2. The highest BCUT2D eigenvalue weighted by molar-refractivity contribution is 6.17. The molecule has 1 saturated heterocycles. The van der Waals surface area contributed by atoms with Gasteiger partial charge in [0.25, 0.3) is 0 Å². The van der Waals surface area contributed by atoms with E-state index in [0.29, 0.717) is 36.0 Å². The molecule has 4 aromatic rings. The monoisotopic (exact) mass is 500 g/mol. The number of benzene rings is 3. The van der Waals surface area contributed by atoms with Crippen molar-refractivity contribution in [1.29, 1.82) is 0 Å². The quantitative estimate of drug-likeness (QED) is 0.339. The van der Waals surface area contributed by atoms with E-state index in [9.17, 15) is 13.6 Å². The van der Waals surface area contributed by atoms with Crippen molar-refractivity contribution in [2.24, 2.45) is 16.8 Å². The van der Waals surface area contributed by atoms with Gasteiger partial charge in [-0.2, -0.15) is 0 Å². The maximum Gasteiger partial charge on any atom is 0.163 e. The molecule has 2 atom stereocenters. The number of piperidine rings is 1. The van der Waals surface area contributed by atoms with E-state index in [-0.39, 0.29) is 23.2 Å². The Hall–Kier alpha value is -3.78. The van der Waals surface area contributed by atoms with Gasteiger partial charge in [-0.1, -0.05) is 24.3 Å². The van der Waals surface area contributed by atoms with Crippen LogP contribution in [0.1, 0.15) is 45.5 Å². The number of Topliss-reactive ketones (excluding diaryl/α,β-unsaturated/α-hetero) is 1. The fourth-order valence-corrected chi connectivity index (χ4v) is 5.80. The van der Waals surface area contributed by atoms with Crippen molar-refractivity contribution >= 4 is 22.5 Å². The number of likely N-dealkylation sites (tertiary alicyclic amines) is 1. The molecule has 0 spiro atoms. The molecule has 1 fully saturated rings. The van der Waals surface area contributed by atoms with Gasteiger partial charge in [0.15, 0.2) is 5.78 Å². The number of aliphatic imine (C=N–C) groups is 1. The van der Waals surface area contributed by atoms with Gasteiger partial charge in [0.2, 0.25) is 0 Å². The first kappa shape index (κ1) is 23.6. The smallest absolute Gasteiger partial charge is 0.163 e. The molecule has 0 radical (unpaired) electrons. The molecule has 0 unspecified atom stereocenters. The number of ketones is 1. The fraction of sp³-hybridized carbons (Fsp3) is 0.310. The minimum absolute atomic E-state index is 0.0707. The van der Waals surface area contributed by atoms with Crippen LogP contribution in [0.15, 0.2) is 64.2 Å². The van der Waals surface area contributed by atoms with Crippen molar-refractivity contribution in [3.63, 3.8) is 0 Å². The zero-order valence-corrected chi connectivity index (χ0v) is 20.5. The van der Waals surface area contributed by atoms with E-state index < -0.39 is 11.6 Å². The van der Waals surface area contributed by atoms with Crippen LogP contribution < -0.4 is 0 Å². The molecule has 37 heavy (non-hydrogen) atoms. The zero-order valence-electron chi connectivity index (χ0n) is 20.5. The third kappa shape index (κ3) is 4.69. The third-order valence-corrected chi connectivity index (χ3v) is 7.46. The van der Waals surface area contributed by atoms with E-state index in [2.05, 4.69) is 15.2 Å². The first-order valence-electron chi connectivity index (χ1n) is 12.5. The summed E-state index contributed by atoms with van der Waals surface area (Å²) in [5, 5.41) is 7.78. The fourth-order valence-electron chi connectivity index (χ4n) is 5.80. The zero-order chi connectivity index (χ0) is 25.5. The molecule has 188 valence electrons. The summed E-state index contributed by atoms with van der Waals surface area (Å²) in [5.74, 6) is -0.732. The number of rotatable bonds is 6. The van der Waals surface area contributed by atoms with Crippen LogP contribution in [-0.4, -0.2) is 46.8 Å². The van der Waals surface area contributed by atoms with E-state index >= 15 is 0 Å². The summed E-state index contributed by atoms with van der Waals surface area (Å²) in [6, 6.07) is 15.5. The van der Waals surface area contributed by atoms with Crippen LogP contribution in [0.2, 0.25) is 0 Å². The number of fused-ring (bicyclic) bond motifs is 2. The van der Waals surface area contributed by atoms with Crippen molar-refractivity contribution in [2.45, 2.75) is 25.8 Å². The summed E-state index contributed by atoms with van der Waals surface area (Å²) in [5.41, 5.74) is 5.90. The average molecular weight is 501 g/mol. The van der Waals surface area contributed by atoms with Gasteiger partial charge in [-0.25, -0.2) is 13.4 Å². The number of hydrogen-bond acceptors (Lipinski definition) is 6. The number of hydrogen-bond donors (Lipinski definition) is 0. The van der Waals surface area contributed by atoms with Crippen molar-refractivity contribution in [2.75, 3.05) is 20.1 Å². The molecule has 0 aliphatic carbocycles. The molecule has 3 aromatic carbocycles. The van der Waals surface area contributed by atoms with Gasteiger partial charge in [-0.05, 0) is 77.9 Å². The van der Waals surface area contributed by atoms with Crippen molar-refractivity contribution < 1.29 is 18.2 Å². The Morgan fingerprint density at radius 2 is 1.78 bits per heavy atom. The number of nitrogens with zero attached hydrogens (tertiary/aromatic N) is 4. The maximum absolute atomic E-state index is 14.2. The van der Waals surface area contributed by atoms with Gasteiger partial charge in [0, 0.05) is 41.8 Å². The highest BCUT2D eigenvalue weighted by Gasteiger charge is 2.29. The Kier molecular flexibility index (Phi) is 6.12. The van der Waals surface area contributed by atoms with Crippen LogP contribution in [0.25, 0.3) is 11.0 Å². The van der Waals surface area contributed by atoms with Crippen molar-refractivity contribution in [3.8, 4) is 0 Å². The second-order valence-corrected chi connectivity index (χ2v) is 10.2. The van der Waals surface area contributed by atoms with E-state index in [1.807, 2.05) is 43.4 Å². The van der Waals surface area contributed by atoms with Gasteiger partial charge in [-0.3, -0.25) is 9.79 Å². The van der Waals surface area contributed by atoms with Crippen molar-refractivity contribution in [1.82, 2.24) is 15.2 Å². The lowest BCUT2D eigenvalue weighted by Gasteiger charge is -2.35. The minimum atomic E-state index is -0.504. The molecule has 1 aromatic heterocycles. The van der Waals surface area contributed by atoms with E-state index in [0.717, 1.165) is 41.9 Å². The molecular formula is C29H26F2N4O2. The molecule has 6 nitrogen and oxygen atoms in total. The Balaban J connectivity index is 1.18. The molecule has 0 bridgehead atoms. The molecule has 3 heterocycles. The van der Waals surface area contributed by atoms with Crippen LogP contribution in [0.4, 0.5) is 8.78 Å². The summed E-state index contributed by atoms with van der Waals surface area (Å²) in [6.07, 6.45) is 1.48. The molecular weight excluding hydrogens is 474 g/mol. The lowest BCUT2D eigenvalue weighted by molar-refractivity contribution is 0.0892. The molecule has 2 aliphatic heterocycles. The third-order valence-electron chi connectivity index (χ3n) is 7.46. The topological polar surface area (TPSA) is 71.6 Å². The first-order chi connectivity index (χ1) is 17.9. The van der Waals surface area contributed by atoms with Gasteiger partial charge >= 0.3 is 0 Å². The lowest BCUT2D eigenvalue weighted by atomic mass is 9.82. The average Bonchev–Trinajstić information content (AvgIpc) is 3.52. The van der Waals surface area contributed by atoms with Crippen molar-refractivity contribution in [3.05, 3.63) is 94.0 Å². The highest BCUT2D eigenvalue weighted by atomic mass is 19.1. The minimum Gasteiger partial charge on any atom is -0.306 e. The van der Waals surface area contributed by atoms with Crippen LogP contribution >= 0.6 is 0 Å². The number of aromatic nitrogens is 2. The highest BCUT2D eigenvalue weighted by Crippen LogP contribution is 2.30. The summed E-state index contributed by atoms with van der Waals surface area (Å²) >= 11 is 0. The molecule has 0 N–H and O–H groups in total. The second kappa shape index (κ2) is 9.59. The Bertz CT molecular complexity index is 1510. The van der Waals surface area contributed by atoms with E-state index in [1.165, 1.54) is 18.2 Å². The van der Waals surface area contributed by atoms with Crippen LogP contribution in [-0.2, 0) is 13.0 Å². The van der Waals surface area contributed by atoms with Gasteiger partial charge in [0.05, 0.1) is 12.3 Å². The van der Waals surface area contributed by atoms with E-state index in [4.69, 9.17) is 9.62 Å². The Morgan fingerprint density at radius 1 is 1.00 bits per heavy atom. The molecule has 0 amide bonds. The normalized spacial score (nSPS) is 19.7. The van der Waals surface area contributed by atoms with Gasteiger partial charge in [-0.15, -0.1) is 0 Å². The summed E-state index contributed by atoms with van der Waals surface area (Å²) in [6.45, 7) is 2.10. The summed E-state index contributed by atoms with van der Waals surface area (Å²) in [4.78, 5) is 20.2. The molecule has 8 heteroatoms. The Morgan fingerprint density at radius 3 is 2.62 bits per heavy atom. The number of halogens is 2. The number of carbonyl (C=O) groups is 1. The molecule has 6 rings (SSSR count). The van der Waals surface area contributed by atoms with Gasteiger partial charge < -0.3 is 4.90 Å². The largest absolute Gasteiger partial charge is 0.306 e. The summed E-state index contributed by atoms with van der Waals surface area (Å²) < 4.78 is 33.3. The molecule has 2 aliphatic rings. The number of carbonyl (C=O) groups excluding carboxylic acids is 1. The predicted molar refractivity (Wildman–Crippen MR) is 136 cm³/mol. The first-order valence-corrected chi connectivity index (χ1v) is 12.5. The molecule has 0 saturated carbocycles. The summed E-state index contributed by atoms with van der Waals surface area (Å²) in [7, 11) is 2.00. The maximum atomic E-state index is 14.2. The van der Waals surface area contributed by atoms with Crippen LogP contribution in [0.5, 0.6) is 0 Å². The SMILES string of the molecule is CN1C[C@H](CC(=O)c2ccc3c(c2)C(c2ccc4nonc4c2)=NC3)C[C@H](Cc2c(F)cccc2F)C1. The van der Waals surface area contributed by atoms with Crippen LogP contribution in [0, 0.1) is 23.5 Å². The van der Waals surface area contributed by atoms with Gasteiger partial charge in [0.1, 0.15) is 22.7 Å². The predicted octanol–water partition coefficient (Wildman–Crippen LogP) is 5.24. The Labute approximate surface area is 213 Å². The van der Waals surface area contributed by atoms with Crippen LogP contribution in [0.3, 0.4) is 0 Å². The van der Waals surface area contributed by atoms with E-state index in [1.54, 1.807) is 0 Å². The standard InChI is InChI=1S/C29H26F2N4O2/c1-35-15-17(10-23-24(30)3-2-4-25(23)31)9-18(16-35)11-28(36)19-5-6-21-14-32-29(22(21)12-19)20-7-8-26-27(13-20)34-37-33-26/h2-8,12-13,17-18H,9-11,14-16H2,1H3/t17-,18+/m1/s1. The lowest BCUT2D eigenvalue weighted by Crippen LogP contribution is -2.39.